The number of nitrogens with zero attached hydrogens (tertiary/aromatic N) is 2. The summed E-state index contributed by atoms with van der Waals surface area (Å²) in [7, 11) is 0. The number of anilines is 1. The van der Waals surface area contributed by atoms with Gasteiger partial charge in [-0.2, -0.15) is 0 Å². The molecule has 0 spiro atoms. The Kier molecular flexibility index (Phi) is 4.18. The average Bonchev–Trinajstić information content (AvgIpc) is 2.56. The Hall–Kier alpha value is -2.63. The van der Waals surface area contributed by atoms with Crippen LogP contribution < -0.4 is 14.8 Å². The largest absolute Gasteiger partial charge is 0.480 e. The molecule has 1 unspecified atom stereocenters. The summed E-state index contributed by atoms with van der Waals surface area (Å²) in [4.78, 5) is 20.3. The molecule has 0 saturated carbocycles. The summed E-state index contributed by atoms with van der Waals surface area (Å²) >= 11 is 0. The van der Waals surface area contributed by atoms with Crippen LogP contribution in [0.5, 0.6) is 11.8 Å². The van der Waals surface area contributed by atoms with Gasteiger partial charge in [0.15, 0.2) is 6.10 Å². The van der Waals surface area contributed by atoms with Crippen molar-refractivity contribution in [2.45, 2.75) is 25.9 Å². The van der Waals surface area contributed by atoms with Gasteiger partial charge in [-0.3, -0.25) is 4.79 Å². The molecular weight excluding hydrogens is 282 g/mol. The number of amides is 1. The molecule has 1 aromatic heterocycles. The highest BCUT2D eigenvalue weighted by Gasteiger charge is 2.25. The summed E-state index contributed by atoms with van der Waals surface area (Å²) in [6.07, 6.45) is 4.02. The fourth-order valence-corrected chi connectivity index (χ4v) is 2.32. The first-order chi connectivity index (χ1) is 10.8. The summed E-state index contributed by atoms with van der Waals surface area (Å²) in [6.45, 7) is 2.36. The highest BCUT2D eigenvalue weighted by molar-refractivity contribution is 5.94. The van der Waals surface area contributed by atoms with Crippen molar-refractivity contribution in [1.29, 1.82) is 0 Å². The SMILES string of the molecule is CCOc1ncc(NC(=O)C2CCc3ccccc3O2)cn1. The first kappa shape index (κ1) is 14.3. The molecular formula is C16H17N3O3. The van der Waals surface area contributed by atoms with E-state index in [9.17, 15) is 4.79 Å². The van der Waals surface area contributed by atoms with Crippen molar-refractivity contribution in [2.24, 2.45) is 0 Å². The van der Waals surface area contributed by atoms with Gasteiger partial charge in [-0.1, -0.05) is 18.2 Å². The molecule has 0 saturated heterocycles. The quantitative estimate of drug-likeness (QED) is 0.937. The molecule has 1 aromatic carbocycles. The third-order valence-corrected chi connectivity index (χ3v) is 3.38. The zero-order chi connectivity index (χ0) is 15.4. The molecule has 0 fully saturated rings. The average molecular weight is 299 g/mol. The number of carbonyl (C=O) groups is 1. The first-order valence-electron chi connectivity index (χ1n) is 7.26. The molecule has 114 valence electrons. The third-order valence-electron chi connectivity index (χ3n) is 3.38. The van der Waals surface area contributed by atoms with Crippen LogP contribution in [0, 0.1) is 0 Å². The van der Waals surface area contributed by atoms with E-state index in [4.69, 9.17) is 9.47 Å². The number of rotatable bonds is 4. The smallest absolute Gasteiger partial charge is 0.316 e. The predicted molar refractivity (Wildman–Crippen MR) is 81.0 cm³/mol. The maximum Gasteiger partial charge on any atom is 0.316 e. The molecule has 1 amide bonds. The Morgan fingerprint density at radius 2 is 2.14 bits per heavy atom. The zero-order valence-corrected chi connectivity index (χ0v) is 12.3. The van der Waals surface area contributed by atoms with Gasteiger partial charge in [0.1, 0.15) is 5.75 Å². The third kappa shape index (κ3) is 3.16. The predicted octanol–water partition coefficient (Wildman–Crippen LogP) is 2.21. The monoisotopic (exact) mass is 299 g/mol. The van der Waals surface area contributed by atoms with Crippen LogP contribution >= 0.6 is 0 Å². The van der Waals surface area contributed by atoms with Crippen LogP contribution in [0.15, 0.2) is 36.7 Å². The van der Waals surface area contributed by atoms with Gasteiger partial charge in [0, 0.05) is 0 Å². The molecule has 2 heterocycles. The number of hydrogen-bond acceptors (Lipinski definition) is 5. The van der Waals surface area contributed by atoms with E-state index in [1.165, 1.54) is 12.4 Å². The van der Waals surface area contributed by atoms with Gasteiger partial charge in [0.2, 0.25) is 0 Å². The molecule has 2 aromatic rings. The molecule has 1 N–H and O–H groups in total. The lowest BCUT2D eigenvalue weighted by molar-refractivity contribution is -0.123. The maximum absolute atomic E-state index is 12.3. The van der Waals surface area contributed by atoms with E-state index >= 15 is 0 Å². The molecule has 0 bridgehead atoms. The van der Waals surface area contributed by atoms with Crippen molar-refractivity contribution in [3.63, 3.8) is 0 Å². The minimum Gasteiger partial charge on any atom is -0.480 e. The van der Waals surface area contributed by atoms with Crippen molar-refractivity contribution in [3.05, 3.63) is 42.2 Å². The van der Waals surface area contributed by atoms with Crippen molar-refractivity contribution >= 4 is 11.6 Å². The second-order valence-corrected chi connectivity index (χ2v) is 4.93. The topological polar surface area (TPSA) is 73.3 Å². The van der Waals surface area contributed by atoms with Gasteiger partial charge in [0.05, 0.1) is 24.7 Å². The molecule has 3 rings (SSSR count). The number of ether oxygens (including phenoxy) is 2. The number of benzene rings is 1. The second-order valence-electron chi connectivity index (χ2n) is 4.93. The van der Waals surface area contributed by atoms with Crippen molar-refractivity contribution in [1.82, 2.24) is 9.97 Å². The summed E-state index contributed by atoms with van der Waals surface area (Å²) in [5.41, 5.74) is 1.66. The number of aromatic nitrogens is 2. The Labute approximate surface area is 128 Å². The van der Waals surface area contributed by atoms with Crippen LogP contribution in [0.4, 0.5) is 5.69 Å². The molecule has 0 radical (unpaired) electrons. The van der Waals surface area contributed by atoms with Crippen LogP contribution in [0.25, 0.3) is 0 Å². The lowest BCUT2D eigenvalue weighted by Gasteiger charge is -2.25. The van der Waals surface area contributed by atoms with Gasteiger partial charge in [-0.25, -0.2) is 9.97 Å². The number of aryl methyl sites for hydroxylation is 1. The Balaban J connectivity index is 1.63. The van der Waals surface area contributed by atoms with E-state index in [0.717, 1.165) is 17.7 Å². The van der Waals surface area contributed by atoms with Crippen LogP contribution in [-0.4, -0.2) is 28.6 Å². The number of nitrogens with one attached hydrogen (secondary N) is 1. The van der Waals surface area contributed by atoms with Gasteiger partial charge in [-0.15, -0.1) is 0 Å². The second kappa shape index (κ2) is 6.43. The van der Waals surface area contributed by atoms with E-state index in [0.29, 0.717) is 24.7 Å². The molecule has 22 heavy (non-hydrogen) atoms. The summed E-state index contributed by atoms with van der Waals surface area (Å²) in [6, 6.07) is 8.07. The minimum atomic E-state index is -0.499. The summed E-state index contributed by atoms with van der Waals surface area (Å²) in [5, 5.41) is 2.77. The van der Waals surface area contributed by atoms with E-state index in [1.54, 1.807) is 0 Å². The van der Waals surface area contributed by atoms with Gasteiger partial charge in [-0.05, 0) is 31.4 Å². The Morgan fingerprint density at radius 1 is 1.36 bits per heavy atom. The Bertz CT molecular complexity index is 658. The van der Waals surface area contributed by atoms with Crippen molar-refractivity contribution in [2.75, 3.05) is 11.9 Å². The van der Waals surface area contributed by atoms with E-state index in [-0.39, 0.29) is 5.91 Å². The standard InChI is InChI=1S/C16H17N3O3/c1-2-21-16-17-9-12(10-18-16)19-15(20)14-8-7-11-5-3-4-6-13(11)22-14/h3-6,9-10,14H,2,7-8H2,1H3,(H,19,20). The van der Waals surface area contributed by atoms with E-state index < -0.39 is 6.10 Å². The number of fused-ring (bicyclic) bond motifs is 1. The fraction of sp³-hybridized carbons (Fsp3) is 0.312. The maximum atomic E-state index is 12.3. The highest BCUT2D eigenvalue weighted by atomic mass is 16.5. The molecule has 1 aliphatic rings. The van der Waals surface area contributed by atoms with Crippen molar-refractivity contribution in [3.8, 4) is 11.8 Å². The lowest BCUT2D eigenvalue weighted by atomic mass is 10.0. The van der Waals surface area contributed by atoms with Crippen LogP contribution in [-0.2, 0) is 11.2 Å². The fourth-order valence-electron chi connectivity index (χ4n) is 2.32. The molecule has 0 aliphatic carbocycles. The number of carbonyl (C=O) groups excluding carboxylic acids is 1. The van der Waals surface area contributed by atoms with Crippen LogP contribution in [0.1, 0.15) is 18.9 Å². The number of para-hydroxylation sites is 1. The van der Waals surface area contributed by atoms with Crippen molar-refractivity contribution < 1.29 is 14.3 Å². The summed E-state index contributed by atoms with van der Waals surface area (Å²) < 4.78 is 10.9. The van der Waals surface area contributed by atoms with Crippen LogP contribution in [0.2, 0.25) is 0 Å². The highest BCUT2D eigenvalue weighted by Crippen LogP contribution is 2.27. The number of hydrogen-bond donors (Lipinski definition) is 1. The van der Waals surface area contributed by atoms with Gasteiger partial charge < -0.3 is 14.8 Å². The van der Waals surface area contributed by atoms with Gasteiger partial charge in [0.25, 0.3) is 5.91 Å². The lowest BCUT2D eigenvalue weighted by Crippen LogP contribution is -2.35. The minimum absolute atomic E-state index is 0.192. The summed E-state index contributed by atoms with van der Waals surface area (Å²) in [5.74, 6) is 0.583. The molecule has 6 nitrogen and oxygen atoms in total. The first-order valence-corrected chi connectivity index (χ1v) is 7.26. The van der Waals surface area contributed by atoms with Gasteiger partial charge >= 0.3 is 6.01 Å². The molecule has 1 aliphatic heterocycles. The van der Waals surface area contributed by atoms with Crippen LogP contribution in [0.3, 0.4) is 0 Å². The van der Waals surface area contributed by atoms with E-state index in [2.05, 4.69) is 15.3 Å². The molecule has 6 heteroatoms. The normalized spacial score (nSPS) is 16.3. The zero-order valence-electron chi connectivity index (χ0n) is 12.3. The van der Waals surface area contributed by atoms with E-state index in [1.807, 2.05) is 31.2 Å². The molecule has 1 atom stereocenters. The Morgan fingerprint density at radius 3 is 2.91 bits per heavy atom.